The van der Waals surface area contributed by atoms with Crippen molar-refractivity contribution < 1.29 is 8.42 Å². The van der Waals surface area contributed by atoms with Gasteiger partial charge in [0, 0.05) is 12.2 Å². The average Bonchev–Trinajstić information content (AvgIpc) is 2.22. The number of hydrogen-bond donors (Lipinski definition) is 3. The molecular formula is C11H19N3O2S. The Balaban J connectivity index is 2.80. The van der Waals surface area contributed by atoms with Crippen molar-refractivity contribution in [1.29, 1.82) is 0 Å². The van der Waals surface area contributed by atoms with Crippen molar-refractivity contribution in [2.45, 2.75) is 20.8 Å². The molecule has 0 atom stereocenters. The molecule has 5 nitrogen and oxygen atoms in total. The van der Waals surface area contributed by atoms with Crippen LogP contribution < -0.4 is 15.2 Å². The third-order valence-corrected chi connectivity index (χ3v) is 3.34. The molecule has 0 aliphatic heterocycles. The predicted molar refractivity (Wildman–Crippen MR) is 71.0 cm³/mol. The third kappa shape index (κ3) is 4.24. The van der Waals surface area contributed by atoms with Gasteiger partial charge in [-0.1, -0.05) is 19.9 Å². The highest BCUT2D eigenvalue weighted by atomic mass is 32.2. The molecule has 0 unspecified atom stereocenters. The van der Waals surface area contributed by atoms with E-state index >= 15 is 0 Å². The minimum absolute atomic E-state index is 0.258. The quantitative estimate of drug-likeness (QED) is 0.698. The first-order valence-corrected chi connectivity index (χ1v) is 6.92. The fraction of sp³-hybridized carbons (Fsp3) is 0.455. The van der Waals surface area contributed by atoms with E-state index in [0.29, 0.717) is 17.9 Å². The molecule has 6 heteroatoms. The predicted octanol–water partition coefficient (Wildman–Crippen LogP) is 1.48. The van der Waals surface area contributed by atoms with Crippen molar-refractivity contribution in [3.8, 4) is 0 Å². The standard InChI is InChI=1S/C11H19N3O2S/c1-8(2)7-13-17(15,16)14-11-6-4-5-10(12)9(11)3/h4-6,8,13-14H,7,12H2,1-3H3. The summed E-state index contributed by atoms with van der Waals surface area (Å²) in [6, 6.07) is 5.12. The summed E-state index contributed by atoms with van der Waals surface area (Å²) in [4.78, 5) is 0. The van der Waals surface area contributed by atoms with Gasteiger partial charge in [0.2, 0.25) is 0 Å². The molecule has 0 heterocycles. The molecule has 0 amide bonds. The smallest absolute Gasteiger partial charge is 0.299 e. The molecule has 0 aliphatic rings. The molecule has 0 radical (unpaired) electrons. The van der Waals surface area contributed by atoms with Gasteiger partial charge in [-0.05, 0) is 30.5 Å². The lowest BCUT2D eigenvalue weighted by Crippen LogP contribution is -2.33. The van der Waals surface area contributed by atoms with Crippen LogP contribution >= 0.6 is 0 Å². The minimum Gasteiger partial charge on any atom is -0.398 e. The van der Waals surface area contributed by atoms with Crippen molar-refractivity contribution in [1.82, 2.24) is 4.72 Å². The number of nitrogen functional groups attached to an aromatic ring is 1. The zero-order valence-corrected chi connectivity index (χ0v) is 11.1. The molecule has 1 rings (SSSR count). The summed E-state index contributed by atoms with van der Waals surface area (Å²) in [6.45, 7) is 6.05. The molecule has 0 bridgehead atoms. The molecular weight excluding hydrogens is 238 g/mol. The maximum atomic E-state index is 11.7. The van der Waals surface area contributed by atoms with Crippen LogP contribution in [0.15, 0.2) is 18.2 Å². The summed E-state index contributed by atoms with van der Waals surface area (Å²) < 4.78 is 28.3. The molecule has 4 N–H and O–H groups in total. The normalized spacial score (nSPS) is 11.8. The first kappa shape index (κ1) is 13.8. The minimum atomic E-state index is -3.52. The summed E-state index contributed by atoms with van der Waals surface area (Å²) >= 11 is 0. The fourth-order valence-corrected chi connectivity index (χ4v) is 2.36. The second kappa shape index (κ2) is 5.37. The van der Waals surface area contributed by atoms with Crippen LogP contribution in [-0.2, 0) is 10.2 Å². The number of nitrogens with one attached hydrogen (secondary N) is 2. The maximum Gasteiger partial charge on any atom is 0.299 e. The van der Waals surface area contributed by atoms with Gasteiger partial charge < -0.3 is 5.73 Å². The summed E-state index contributed by atoms with van der Waals surface area (Å²) in [7, 11) is -3.52. The summed E-state index contributed by atoms with van der Waals surface area (Å²) in [6.07, 6.45) is 0. The Bertz CT molecular complexity index is 483. The Labute approximate surface area is 103 Å². The Morgan fingerprint density at radius 3 is 2.59 bits per heavy atom. The van der Waals surface area contributed by atoms with Crippen LogP contribution in [0.3, 0.4) is 0 Å². The van der Waals surface area contributed by atoms with Gasteiger partial charge in [-0.15, -0.1) is 0 Å². The molecule has 1 aromatic carbocycles. The van der Waals surface area contributed by atoms with Crippen LogP contribution in [0, 0.1) is 12.8 Å². The van der Waals surface area contributed by atoms with Crippen LogP contribution in [0.4, 0.5) is 11.4 Å². The number of rotatable bonds is 5. The third-order valence-electron chi connectivity index (χ3n) is 2.30. The molecule has 0 aliphatic carbocycles. The van der Waals surface area contributed by atoms with Crippen molar-refractivity contribution >= 4 is 21.6 Å². The van der Waals surface area contributed by atoms with E-state index in [1.807, 2.05) is 13.8 Å². The average molecular weight is 257 g/mol. The Kier molecular flexibility index (Phi) is 4.36. The van der Waals surface area contributed by atoms with Crippen LogP contribution in [0.5, 0.6) is 0 Å². The van der Waals surface area contributed by atoms with Gasteiger partial charge in [-0.2, -0.15) is 13.1 Å². The SMILES string of the molecule is Cc1c(N)cccc1NS(=O)(=O)NCC(C)C. The highest BCUT2D eigenvalue weighted by Gasteiger charge is 2.12. The summed E-state index contributed by atoms with van der Waals surface area (Å²) in [5.74, 6) is 0.258. The topological polar surface area (TPSA) is 84.2 Å². The van der Waals surface area contributed by atoms with Gasteiger partial charge in [0.1, 0.15) is 0 Å². The number of anilines is 2. The number of nitrogens with two attached hydrogens (primary N) is 1. The van der Waals surface area contributed by atoms with Gasteiger partial charge in [-0.3, -0.25) is 4.72 Å². The van der Waals surface area contributed by atoms with Gasteiger partial charge >= 0.3 is 0 Å². The van der Waals surface area contributed by atoms with Gasteiger partial charge in [-0.25, -0.2) is 0 Å². The van der Waals surface area contributed by atoms with E-state index in [-0.39, 0.29) is 5.92 Å². The largest absolute Gasteiger partial charge is 0.398 e. The fourth-order valence-electron chi connectivity index (χ4n) is 1.22. The number of benzene rings is 1. The molecule has 0 spiro atoms. The summed E-state index contributed by atoms with van der Waals surface area (Å²) in [5.41, 5.74) is 7.50. The molecule has 96 valence electrons. The Morgan fingerprint density at radius 1 is 1.35 bits per heavy atom. The van der Waals surface area contributed by atoms with E-state index in [1.165, 1.54) is 0 Å². The summed E-state index contributed by atoms with van der Waals surface area (Å²) in [5, 5.41) is 0. The Morgan fingerprint density at radius 2 is 2.00 bits per heavy atom. The molecule has 0 saturated heterocycles. The molecule has 1 aromatic rings. The molecule has 0 fully saturated rings. The van der Waals surface area contributed by atoms with Crippen LogP contribution in [0.25, 0.3) is 0 Å². The Hall–Kier alpha value is -1.27. The van der Waals surface area contributed by atoms with Crippen molar-refractivity contribution in [2.75, 3.05) is 17.0 Å². The van der Waals surface area contributed by atoms with E-state index in [4.69, 9.17) is 5.73 Å². The van der Waals surface area contributed by atoms with Crippen molar-refractivity contribution in [2.24, 2.45) is 5.92 Å². The lowest BCUT2D eigenvalue weighted by molar-refractivity contribution is 0.565. The highest BCUT2D eigenvalue weighted by Crippen LogP contribution is 2.21. The van der Waals surface area contributed by atoms with Crippen LogP contribution in [0.1, 0.15) is 19.4 Å². The van der Waals surface area contributed by atoms with E-state index in [0.717, 1.165) is 5.56 Å². The second-order valence-electron chi connectivity index (χ2n) is 4.37. The van der Waals surface area contributed by atoms with E-state index < -0.39 is 10.2 Å². The van der Waals surface area contributed by atoms with Gasteiger partial charge in [0.05, 0.1) is 5.69 Å². The molecule has 17 heavy (non-hydrogen) atoms. The first-order chi connectivity index (χ1) is 7.82. The van der Waals surface area contributed by atoms with Crippen molar-refractivity contribution in [3.05, 3.63) is 23.8 Å². The molecule has 0 saturated carbocycles. The van der Waals surface area contributed by atoms with E-state index in [2.05, 4.69) is 9.44 Å². The van der Waals surface area contributed by atoms with Gasteiger partial charge in [0.25, 0.3) is 10.2 Å². The van der Waals surface area contributed by atoms with Gasteiger partial charge in [0.15, 0.2) is 0 Å². The lowest BCUT2D eigenvalue weighted by atomic mass is 10.2. The zero-order chi connectivity index (χ0) is 13.1. The van der Waals surface area contributed by atoms with Crippen LogP contribution in [-0.4, -0.2) is 15.0 Å². The van der Waals surface area contributed by atoms with Crippen molar-refractivity contribution in [3.63, 3.8) is 0 Å². The lowest BCUT2D eigenvalue weighted by Gasteiger charge is -2.13. The highest BCUT2D eigenvalue weighted by molar-refractivity contribution is 7.90. The van der Waals surface area contributed by atoms with E-state index in [9.17, 15) is 8.42 Å². The number of hydrogen-bond acceptors (Lipinski definition) is 3. The molecule has 0 aromatic heterocycles. The zero-order valence-electron chi connectivity index (χ0n) is 10.3. The first-order valence-electron chi connectivity index (χ1n) is 5.44. The maximum absolute atomic E-state index is 11.7. The monoisotopic (exact) mass is 257 g/mol. The van der Waals surface area contributed by atoms with Crippen LogP contribution in [0.2, 0.25) is 0 Å². The van der Waals surface area contributed by atoms with E-state index in [1.54, 1.807) is 25.1 Å². The second-order valence-corrected chi connectivity index (χ2v) is 5.87.